The van der Waals surface area contributed by atoms with Crippen LogP contribution in [-0.2, 0) is 19.1 Å². The fourth-order valence-electron chi connectivity index (χ4n) is 2.39. The van der Waals surface area contributed by atoms with Crippen LogP contribution in [0.15, 0.2) is 46.6 Å². The second-order valence-electron chi connectivity index (χ2n) is 6.82. The molecule has 0 radical (unpaired) electrons. The molecule has 0 aromatic rings. The Hall–Kier alpha value is -2.63. The minimum atomic E-state index is -0.989. The molecule has 0 fully saturated rings. The van der Waals surface area contributed by atoms with Crippen LogP contribution in [-0.4, -0.2) is 34.7 Å². The summed E-state index contributed by atoms with van der Waals surface area (Å²) in [7, 11) is 0. The van der Waals surface area contributed by atoms with E-state index >= 15 is 0 Å². The van der Waals surface area contributed by atoms with Crippen LogP contribution < -0.4 is 0 Å². The lowest BCUT2D eigenvalue weighted by Gasteiger charge is -2.04. The fraction of sp³-hybridized carbons (Fsp3) is 0.500. The Labute approximate surface area is 167 Å². The quantitative estimate of drug-likeness (QED) is 0.265. The monoisotopic (exact) mass is 392 g/mol. The predicted molar refractivity (Wildman–Crippen MR) is 109 cm³/mol. The molecule has 0 spiro atoms. The van der Waals surface area contributed by atoms with Gasteiger partial charge in [0, 0.05) is 18.1 Å². The Morgan fingerprint density at radius 2 is 1.18 bits per heavy atom. The molecule has 0 saturated heterocycles. The lowest BCUT2D eigenvalue weighted by atomic mass is 10.0. The smallest absolute Gasteiger partial charge is 0.331 e. The van der Waals surface area contributed by atoms with Crippen molar-refractivity contribution in [3.05, 3.63) is 46.6 Å². The fourth-order valence-corrected chi connectivity index (χ4v) is 2.39. The molecule has 0 unspecified atom stereocenters. The van der Waals surface area contributed by atoms with E-state index in [1.165, 1.54) is 6.92 Å². The van der Waals surface area contributed by atoms with Gasteiger partial charge in [0.05, 0.1) is 0 Å². The van der Waals surface area contributed by atoms with Crippen LogP contribution >= 0.6 is 0 Å². The predicted octanol–water partition coefficient (Wildman–Crippen LogP) is 4.82. The summed E-state index contributed by atoms with van der Waals surface area (Å²) in [5.41, 5.74) is 2.73. The zero-order valence-corrected chi connectivity index (χ0v) is 17.3. The standard InChI is InChI=1S/C22H32O6/c1-16(2)8-5-10-19(21(24)25)12-7-13-20(22(26)27)11-6-9-17(3)14-15-28-18(4)23/h8,11-12,14H,5-7,9-10,13,15H2,1-4H3,(H,24,25)(H,26,27). The molecule has 28 heavy (non-hydrogen) atoms. The second kappa shape index (κ2) is 14.4. The van der Waals surface area contributed by atoms with E-state index in [0.29, 0.717) is 37.7 Å². The van der Waals surface area contributed by atoms with Crippen molar-refractivity contribution in [1.29, 1.82) is 0 Å². The SMILES string of the molecule is CC(=O)OCC=C(C)CCC=C(CCC=C(CCC=C(C)C)C(=O)O)C(=O)O. The molecule has 6 heteroatoms. The number of allylic oxidation sites excluding steroid dienone is 5. The third kappa shape index (κ3) is 13.6. The average Bonchev–Trinajstić information content (AvgIpc) is 2.57. The Balaban J connectivity index is 4.68. The highest BCUT2D eigenvalue weighted by Crippen LogP contribution is 2.15. The summed E-state index contributed by atoms with van der Waals surface area (Å²) in [6.45, 7) is 7.37. The van der Waals surface area contributed by atoms with Gasteiger partial charge in [-0.3, -0.25) is 4.79 Å². The number of hydrogen-bond acceptors (Lipinski definition) is 4. The zero-order valence-electron chi connectivity index (χ0n) is 17.3. The number of ether oxygens (including phenoxy) is 1. The molecule has 0 atom stereocenters. The minimum absolute atomic E-state index is 0.214. The number of hydrogen-bond donors (Lipinski definition) is 2. The summed E-state index contributed by atoms with van der Waals surface area (Å²) in [5.74, 6) is -2.29. The normalized spacial score (nSPS) is 12.5. The van der Waals surface area contributed by atoms with Crippen molar-refractivity contribution in [3.63, 3.8) is 0 Å². The number of esters is 1. The Morgan fingerprint density at radius 3 is 1.61 bits per heavy atom. The first kappa shape index (κ1) is 25.4. The van der Waals surface area contributed by atoms with E-state index in [4.69, 9.17) is 4.74 Å². The van der Waals surface area contributed by atoms with Gasteiger partial charge in [-0.2, -0.15) is 0 Å². The Morgan fingerprint density at radius 1 is 0.714 bits per heavy atom. The van der Waals surface area contributed by atoms with E-state index in [1.54, 1.807) is 18.2 Å². The van der Waals surface area contributed by atoms with Crippen LogP contribution in [0, 0.1) is 0 Å². The van der Waals surface area contributed by atoms with Crippen molar-refractivity contribution in [2.24, 2.45) is 0 Å². The van der Waals surface area contributed by atoms with Crippen LogP contribution in [0.3, 0.4) is 0 Å². The van der Waals surface area contributed by atoms with Gasteiger partial charge < -0.3 is 14.9 Å². The molecule has 0 rings (SSSR count). The summed E-state index contributed by atoms with van der Waals surface area (Å²) >= 11 is 0. The molecule has 0 aromatic carbocycles. The third-order valence-corrected chi connectivity index (χ3v) is 3.97. The number of aliphatic carboxylic acids is 2. The van der Waals surface area contributed by atoms with Crippen molar-refractivity contribution >= 4 is 17.9 Å². The Bertz CT molecular complexity index is 661. The van der Waals surface area contributed by atoms with Gasteiger partial charge in [0.2, 0.25) is 0 Å². The van der Waals surface area contributed by atoms with Crippen LogP contribution in [0.1, 0.15) is 66.2 Å². The molecular formula is C22H32O6. The number of carboxylic acids is 2. The second-order valence-corrected chi connectivity index (χ2v) is 6.82. The molecule has 6 nitrogen and oxygen atoms in total. The molecule has 156 valence electrons. The molecule has 0 aliphatic carbocycles. The first-order valence-electron chi connectivity index (χ1n) is 9.40. The highest BCUT2D eigenvalue weighted by Gasteiger charge is 2.09. The molecule has 0 saturated carbocycles. The van der Waals surface area contributed by atoms with E-state index < -0.39 is 11.9 Å². The minimum Gasteiger partial charge on any atom is -0.478 e. The van der Waals surface area contributed by atoms with Gasteiger partial charge in [-0.25, -0.2) is 9.59 Å². The van der Waals surface area contributed by atoms with E-state index in [-0.39, 0.29) is 24.6 Å². The van der Waals surface area contributed by atoms with Gasteiger partial charge in [-0.05, 0) is 65.4 Å². The summed E-state index contributed by atoms with van der Waals surface area (Å²) in [6.07, 6.45) is 10.0. The van der Waals surface area contributed by atoms with E-state index in [9.17, 15) is 24.6 Å². The largest absolute Gasteiger partial charge is 0.478 e. The first-order chi connectivity index (χ1) is 13.1. The average molecular weight is 392 g/mol. The maximum absolute atomic E-state index is 11.4. The summed E-state index contributed by atoms with van der Waals surface area (Å²) in [4.78, 5) is 33.4. The number of rotatable bonds is 13. The van der Waals surface area contributed by atoms with Crippen LogP contribution in [0.25, 0.3) is 0 Å². The van der Waals surface area contributed by atoms with Gasteiger partial charge in [-0.1, -0.05) is 29.4 Å². The summed E-state index contributed by atoms with van der Waals surface area (Å²) in [6, 6.07) is 0. The molecule has 2 N–H and O–H groups in total. The van der Waals surface area contributed by atoms with Crippen molar-refractivity contribution in [2.45, 2.75) is 66.2 Å². The van der Waals surface area contributed by atoms with Crippen molar-refractivity contribution in [3.8, 4) is 0 Å². The van der Waals surface area contributed by atoms with Gasteiger partial charge in [0.15, 0.2) is 0 Å². The third-order valence-electron chi connectivity index (χ3n) is 3.97. The van der Waals surface area contributed by atoms with Gasteiger partial charge in [0.1, 0.15) is 6.61 Å². The van der Waals surface area contributed by atoms with Crippen LogP contribution in [0.2, 0.25) is 0 Å². The van der Waals surface area contributed by atoms with E-state index in [1.807, 2.05) is 26.8 Å². The lowest BCUT2D eigenvalue weighted by Crippen LogP contribution is -2.03. The maximum atomic E-state index is 11.4. The van der Waals surface area contributed by atoms with Crippen molar-refractivity contribution in [1.82, 2.24) is 0 Å². The van der Waals surface area contributed by atoms with Crippen molar-refractivity contribution in [2.75, 3.05) is 6.61 Å². The molecule has 0 bridgehead atoms. The van der Waals surface area contributed by atoms with Gasteiger partial charge in [-0.15, -0.1) is 0 Å². The topological polar surface area (TPSA) is 101 Å². The number of carbonyl (C=O) groups is 3. The van der Waals surface area contributed by atoms with Crippen molar-refractivity contribution < 1.29 is 29.3 Å². The molecule has 0 aromatic heterocycles. The molecular weight excluding hydrogens is 360 g/mol. The number of carbonyl (C=O) groups excluding carboxylic acids is 1. The van der Waals surface area contributed by atoms with Gasteiger partial charge >= 0.3 is 17.9 Å². The molecule has 0 heterocycles. The summed E-state index contributed by atoms with van der Waals surface area (Å²) in [5, 5.41) is 18.6. The van der Waals surface area contributed by atoms with Gasteiger partial charge in [0.25, 0.3) is 0 Å². The lowest BCUT2D eigenvalue weighted by molar-refractivity contribution is -0.139. The molecule has 0 amide bonds. The van der Waals surface area contributed by atoms with E-state index in [0.717, 1.165) is 11.1 Å². The highest BCUT2D eigenvalue weighted by molar-refractivity contribution is 5.87. The van der Waals surface area contributed by atoms with Crippen LogP contribution in [0.4, 0.5) is 0 Å². The zero-order chi connectivity index (χ0) is 21.5. The Kier molecular flexibility index (Phi) is 13.1. The van der Waals surface area contributed by atoms with E-state index in [2.05, 4.69) is 0 Å². The number of carboxylic acid groups (broad SMARTS) is 2. The summed E-state index contributed by atoms with van der Waals surface area (Å²) < 4.78 is 4.83. The molecule has 0 aliphatic heterocycles. The highest BCUT2D eigenvalue weighted by atomic mass is 16.5. The first-order valence-corrected chi connectivity index (χ1v) is 9.40. The molecule has 0 aliphatic rings. The maximum Gasteiger partial charge on any atom is 0.331 e. The van der Waals surface area contributed by atoms with Crippen LogP contribution in [0.5, 0.6) is 0 Å².